The smallest absolute Gasteiger partial charge is 0.295 e. The maximum Gasteiger partial charge on any atom is 0.295 e. The number of H-pyrrole nitrogens is 3. The second-order valence-electron chi connectivity index (χ2n) is 14.5. The van der Waals surface area contributed by atoms with Gasteiger partial charge in [0.1, 0.15) is 17.7 Å². The number of rotatable bonds is 7. The number of Topliss-reactive ketones (excluding diaryl/α,β-unsaturated/α-hetero) is 2. The molecule has 19 heteroatoms. The molecule has 316 valence electrons. The number of tetrazole rings is 1. The van der Waals surface area contributed by atoms with E-state index in [4.69, 9.17) is 5.26 Å². The molecule has 4 amide bonds. The first-order valence-electron chi connectivity index (χ1n) is 19.6. The number of carbonyl (C=O) groups is 6. The highest BCUT2D eigenvalue weighted by atomic mass is 19.1. The molecule has 3 aromatic heterocycles. The van der Waals surface area contributed by atoms with E-state index >= 15 is 0 Å². The average molecular weight is 852 g/mol. The van der Waals surface area contributed by atoms with Gasteiger partial charge in [0.15, 0.2) is 0 Å². The second-order valence-corrected chi connectivity index (χ2v) is 14.5. The number of carbonyl (C=O) groups excluding carboxylic acids is 6. The predicted octanol–water partition coefficient (Wildman–Crippen LogP) is 4.00. The molecule has 0 aliphatic carbocycles. The Labute approximate surface area is 355 Å². The lowest BCUT2D eigenvalue weighted by Gasteiger charge is -2.34. The summed E-state index contributed by atoms with van der Waals surface area (Å²) in [5.74, 6) is -4.53. The molecule has 0 saturated carbocycles. The van der Waals surface area contributed by atoms with Crippen molar-refractivity contribution in [1.29, 1.82) is 5.26 Å². The van der Waals surface area contributed by atoms with E-state index in [1.165, 1.54) is 40.4 Å². The van der Waals surface area contributed by atoms with Crippen LogP contribution in [0.2, 0.25) is 0 Å². The highest BCUT2D eigenvalue weighted by molar-refractivity contribution is 6.45. The van der Waals surface area contributed by atoms with Crippen molar-refractivity contribution in [3.05, 3.63) is 137 Å². The molecule has 4 aromatic carbocycles. The summed E-state index contributed by atoms with van der Waals surface area (Å²) in [5, 5.41) is 22.7. The minimum absolute atomic E-state index is 0.00598. The van der Waals surface area contributed by atoms with Crippen LogP contribution in [0.5, 0.6) is 0 Å². The summed E-state index contributed by atoms with van der Waals surface area (Å²) in [7, 11) is 0. The zero-order valence-corrected chi connectivity index (χ0v) is 33.2. The number of aromatic amines is 3. The van der Waals surface area contributed by atoms with Gasteiger partial charge >= 0.3 is 0 Å². The Hall–Kier alpha value is -8.40. The number of aromatic nitrogens is 6. The minimum Gasteiger partial charge on any atom is -0.360 e. The van der Waals surface area contributed by atoms with E-state index < -0.39 is 35.0 Å². The Kier molecular flexibility index (Phi) is 11.6. The zero-order chi connectivity index (χ0) is 44.2. The number of benzene rings is 4. The highest BCUT2D eigenvalue weighted by Gasteiger charge is 2.33. The number of ketones is 2. The number of nitriles is 1. The van der Waals surface area contributed by atoms with Crippen LogP contribution in [-0.4, -0.2) is 138 Å². The lowest BCUT2D eigenvalue weighted by Crippen LogP contribution is -2.52. The number of fused-ring (bicyclic) bond motifs is 2. The van der Waals surface area contributed by atoms with Gasteiger partial charge in [0.05, 0.1) is 27.7 Å². The van der Waals surface area contributed by atoms with Gasteiger partial charge in [0, 0.05) is 92.2 Å². The summed E-state index contributed by atoms with van der Waals surface area (Å²) in [4.78, 5) is 88.1. The van der Waals surface area contributed by atoms with Gasteiger partial charge in [-0.2, -0.15) is 10.5 Å². The summed E-state index contributed by atoms with van der Waals surface area (Å²) in [6.45, 7) is 2.04. The quantitative estimate of drug-likeness (QED) is 0.154. The molecule has 2 aliphatic heterocycles. The monoisotopic (exact) mass is 851 g/mol. The Morgan fingerprint density at radius 2 is 1.02 bits per heavy atom. The molecular weight excluding hydrogens is 817 g/mol. The standard InChI is InChI=1S/C22H18FN7O3.C22H17FN4O3/c23-16-7-6-14(20-25-27-28-26-20)18-17(16)15(12-24-18)19(31)22(33)30-10-8-29(9-11-30)21(32)13-4-2-1-3-5-13;23-17-7-6-15(12-24)19-18(17)16(13-25-19)20(28)22(30)27-10-8-26(9-11-27)21(29)14-4-2-1-3-5-14/h1-7,12,24H,8-11H2,(H,25,26,27,28);1-7,13,25H,8-11H2. The number of hydrogen-bond donors (Lipinski definition) is 3. The lowest BCUT2D eigenvalue weighted by molar-refractivity contribution is -0.128. The third-order valence-corrected chi connectivity index (χ3v) is 10.9. The van der Waals surface area contributed by atoms with Crippen molar-refractivity contribution < 1.29 is 37.5 Å². The van der Waals surface area contributed by atoms with Crippen LogP contribution < -0.4 is 0 Å². The molecule has 2 fully saturated rings. The van der Waals surface area contributed by atoms with Crippen molar-refractivity contribution in [2.24, 2.45) is 0 Å². The summed E-state index contributed by atoms with van der Waals surface area (Å²) >= 11 is 0. The first-order valence-corrected chi connectivity index (χ1v) is 19.6. The van der Waals surface area contributed by atoms with Crippen LogP contribution in [0.15, 0.2) is 97.3 Å². The summed E-state index contributed by atoms with van der Waals surface area (Å²) in [6.07, 6.45) is 2.57. The first kappa shape index (κ1) is 41.3. The van der Waals surface area contributed by atoms with Crippen LogP contribution in [0.1, 0.15) is 47.0 Å². The van der Waals surface area contributed by atoms with Crippen LogP contribution in [0, 0.1) is 23.0 Å². The molecule has 0 atom stereocenters. The van der Waals surface area contributed by atoms with E-state index in [9.17, 15) is 37.5 Å². The molecule has 0 spiro atoms. The van der Waals surface area contributed by atoms with Crippen LogP contribution in [-0.2, 0) is 9.59 Å². The molecule has 9 rings (SSSR count). The highest BCUT2D eigenvalue weighted by Crippen LogP contribution is 2.31. The van der Waals surface area contributed by atoms with Gasteiger partial charge < -0.3 is 29.6 Å². The fourth-order valence-electron chi connectivity index (χ4n) is 7.60. The number of halogens is 2. The van der Waals surface area contributed by atoms with Gasteiger partial charge in [0.2, 0.25) is 5.82 Å². The first-order chi connectivity index (χ1) is 30.5. The van der Waals surface area contributed by atoms with Gasteiger partial charge in [0.25, 0.3) is 35.2 Å². The number of amides is 4. The Morgan fingerprint density at radius 1 is 0.571 bits per heavy atom. The fourth-order valence-corrected chi connectivity index (χ4v) is 7.60. The van der Waals surface area contributed by atoms with Crippen LogP contribution in [0.4, 0.5) is 8.78 Å². The summed E-state index contributed by atoms with van der Waals surface area (Å²) in [6, 6.07) is 24.7. The van der Waals surface area contributed by atoms with Crippen molar-refractivity contribution >= 4 is 57.0 Å². The maximum atomic E-state index is 14.7. The number of nitrogens with one attached hydrogen (secondary N) is 3. The van der Waals surface area contributed by atoms with E-state index in [1.54, 1.807) is 58.3 Å². The van der Waals surface area contributed by atoms with Gasteiger partial charge in [-0.3, -0.25) is 28.8 Å². The third-order valence-electron chi connectivity index (χ3n) is 10.9. The van der Waals surface area contributed by atoms with Crippen LogP contribution in [0.3, 0.4) is 0 Å². The second kappa shape index (κ2) is 17.7. The average Bonchev–Trinajstić information content (AvgIpc) is 4.14. The number of piperazine rings is 2. The van der Waals surface area contributed by atoms with Gasteiger partial charge in [-0.25, -0.2) is 8.78 Å². The van der Waals surface area contributed by atoms with Crippen LogP contribution in [0.25, 0.3) is 33.2 Å². The largest absolute Gasteiger partial charge is 0.360 e. The lowest BCUT2D eigenvalue weighted by atomic mass is 10.0. The molecule has 5 heterocycles. The normalized spacial score (nSPS) is 13.9. The van der Waals surface area contributed by atoms with Crippen molar-refractivity contribution in [2.45, 2.75) is 0 Å². The summed E-state index contributed by atoms with van der Waals surface area (Å²) in [5.41, 5.74) is 2.08. The SMILES string of the molecule is N#Cc1ccc(F)c2c(C(=O)C(=O)N3CCN(C(=O)c4ccccc4)CC3)c[nH]c12.O=C(C(=O)N1CCN(C(=O)c2ccccc2)CC1)c1c[nH]c2c(-c3nn[nH]n3)ccc(F)c12. The Balaban J connectivity index is 0.000000174. The van der Waals surface area contributed by atoms with Crippen molar-refractivity contribution in [3.63, 3.8) is 0 Å². The van der Waals surface area contributed by atoms with E-state index in [0.29, 0.717) is 48.4 Å². The maximum absolute atomic E-state index is 14.7. The third kappa shape index (κ3) is 8.12. The molecule has 0 radical (unpaired) electrons. The van der Waals surface area contributed by atoms with Crippen LogP contribution >= 0.6 is 0 Å². The number of hydrogen-bond acceptors (Lipinski definition) is 10. The Morgan fingerprint density at radius 3 is 1.48 bits per heavy atom. The minimum atomic E-state index is -0.849. The topological polar surface area (TPSA) is 225 Å². The van der Waals surface area contributed by atoms with E-state index in [1.807, 2.05) is 18.2 Å². The van der Waals surface area contributed by atoms with E-state index in [-0.39, 0.29) is 76.8 Å². The van der Waals surface area contributed by atoms with Crippen molar-refractivity contribution in [3.8, 4) is 17.5 Å². The van der Waals surface area contributed by atoms with Gasteiger partial charge in [-0.05, 0) is 53.7 Å². The molecule has 3 N–H and O–H groups in total. The molecule has 2 aliphatic rings. The van der Waals surface area contributed by atoms with Crippen molar-refractivity contribution in [2.75, 3.05) is 52.4 Å². The molecule has 63 heavy (non-hydrogen) atoms. The molecule has 17 nitrogen and oxygen atoms in total. The fraction of sp³-hybridized carbons (Fsp3) is 0.182. The molecular formula is C44H35F2N11O6. The Bertz CT molecular complexity index is 2930. The molecule has 2 saturated heterocycles. The van der Waals surface area contributed by atoms with Crippen molar-refractivity contribution in [1.82, 2.24) is 50.2 Å². The van der Waals surface area contributed by atoms with Gasteiger partial charge in [-0.15, -0.1) is 10.2 Å². The van der Waals surface area contributed by atoms with Gasteiger partial charge in [-0.1, -0.05) is 36.4 Å². The molecule has 0 bridgehead atoms. The number of nitrogens with zero attached hydrogens (tertiary/aromatic N) is 8. The van der Waals surface area contributed by atoms with E-state index in [0.717, 1.165) is 6.07 Å². The zero-order valence-electron chi connectivity index (χ0n) is 33.2. The van der Waals surface area contributed by atoms with E-state index in [2.05, 4.69) is 30.6 Å². The molecule has 7 aromatic rings. The predicted molar refractivity (Wildman–Crippen MR) is 221 cm³/mol. The molecule has 0 unspecified atom stereocenters. The summed E-state index contributed by atoms with van der Waals surface area (Å²) < 4.78 is 29.0.